The molecule has 0 bridgehead atoms. The number of benzene rings is 1. The molecule has 0 saturated carbocycles. The van der Waals surface area contributed by atoms with Crippen molar-refractivity contribution in [1.82, 2.24) is 10.3 Å². The van der Waals surface area contributed by atoms with Crippen LogP contribution >= 0.6 is 34.4 Å². The van der Waals surface area contributed by atoms with Crippen LogP contribution in [-0.2, 0) is 17.1 Å². The molecule has 3 aromatic rings. The van der Waals surface area contributed by atoms with Gasteiger partial charge in [-0.15, -0.1) is 34.4 Å². The maximum atomic E-state index is 12.1. The molecular weight excluding hydrogens is 332 g/mol. The van der Waals surface area contributed by atoms with Crippen LogP contribution in [0.1, 0.15) is 16.8 Å². The average molecular weight is 349 g/mol. The van der Waals surface area contributed by atoms with Crippen LogP contribution in [0.2, 0.25) is 0 Å². The molecule has 3 rings (SSSR count). The van der Waals surface area contributed by atoms with Gasteiger partial charge in [-0.05, 0) is 30.5 Å². The van der Waals surface area contributed by atoms with Gasteiger partial charge in [0, 0.05) is 10.6 Å². The molecule has 6 heteroatoms. The number of hydrogen-bond acceptors (Lipinski definition) is 5. The van der Waals surface area contributed by atoms with Crippen molar-refractivity contribution in [2.24, 2.45) is 0 Å². The Kier molecular flexibility index (Phi) is 5.12. The Morgan fingerprint density at radius 2 is 2.18 bits per heavy atom. The zero-order valence-electron chi connectivity index (χ0n) is 12.1. The monoisotopic (exact) mass is 348 g/mol. The number of nitrogens with zero attached hydrogens (tertiary/aromatic N) is 1. The molecule has 1 amide bonds. The summed E-state index contributed by atoms with van der Waals surface area (Å²) in [6, 6.07) is 12.2. The van der Waals surface area contributed by atoms with Crippen LogP contribution in [0, 0.1) is 0 Å². The summed E-state index contributed by atoms with van der Waals surface area (Å²) in [5.41, 5.74) is 1.04. The van der Waals surface area contributed by atoms with Gasteiger partial charge in [0.2, 0.25) is 5.91 Å². The summed E-state index contributed by atoms with van der Waals surface area (Å²) in [5.74, 6) is 0.854. The number of carbonyl (C=O) groups is 1. The van der Waals surface area contributed by atoms with E-state index in [-0.39, 0.29) is 11.2 Å². The van der Waals surface area contributed by atoms with Crippen molar-refractivity contribution >= 4 is 50.6 Å². The summed E-state index contributed by atoms with van der Waals surface area (Å²) in [4.78, 5) is 17.9. The summed E-state index contributed by atoms with van der Waals surface area (Å²) in [7, 11) is 0. The number of hydrogen-bond donors (Lipinski definition) is 1. The summed E-state index contributed by atoms with van der Waals surface area (Å²) in [5, 5.41) is 6.00. The number of thiophene rings is 1. The summed E-state index contributed by atoms with van der Waals surface area (Å²) >= 11 is 4.99. The predicted molar refractivity (Wildman–Crippen MR) is 96.5 cm³/mol. The van der Waals surface area contributed by atoms with E-state index in [1.54, 1.807) is 34.4 Å². The normalized spacial score (nSPS) is 12.4. The van der Waals surface area contributed by atoms with Crippen molar-refractivity contribution in [2.45, 2.75) is 24.5 Å². The molecular formula is C16H16N2OS3. The number of fused-ring (bicyclic) bond motifs is 1. The van der Waals surface area contributed by atoms with E-state index >= 15 is 0 Å². The number of amides is 1. The van der Waals surface area contributed by atoms with E-state index in [0.717, 1.165) is 16.3 Å². The molecule has 3 nitrogen and oxygen atoms in total. The highest BCUT2D eigenvalue weighted by atomic mass is 32.2. The van der Waals surface area contributed by atoms with Crippen molar-refractivity contribution in [2.75, 3.05) is 0 Å². The van der Waals surface area contributed by atoms with Crippen molar-refractivity contribution < 1.29 is 4.79 Å². The molecule has 1 atom stereocenters. The molecule has 1 unspecified atom stereocenters. The fourth-order valence-corrected chi connectivity index (χ4v) is 4.52. The van der Waals surface area contributed by atoms with Gasteiger partial charge in [0.05, 0.1) is 22.0 Å². The van der Waals surface area contributed by atoms with Gasteiger partial charge < -0.3 is 5.32 Å². The van der Waals surface area contributed by atoms with Gasteiger partial charge in [-0.1, -0.05) is 18.2 Å². The molecule has 0 saturated heterocycles. The van der Waals surface area contributed by atoms with Crippen molar-refractivity contribution in [1.29, 1.82) is 0 Å². The third kappa shape index (κ3) is 3.88. The fraction of sp³-hybridized carbons (Fsp3) is 0.250. The van der Waals surface area contributed by atoms with Crippen LogP contribution in [0.25, 0.3) is 10.2 Å². The van der Waals surface area contributed by atoms with Crippen LogP contribution in [0.5, 0.6) is 0 Å². The lowest BCUT2D eigenvalue weighted by Gasteiger charge is -2.10. The first-order chi connectivity index (χ1) is 10.7. The third-order valence-corrected chi connectivity index (χ3v) is 6.43. The van der Waals surface area contributed by atoms with E-state index in [9.17, 15) is 4.79 Å². The second-order valence-electron chi connectivity index (χ2n) is 4.83. The standard InChI is InChI=1S/C16H16N2OS3/c1-11(16(19)17-9-12-5-4-8-20-12)21-10-15-18-13-6-2-3-7-14(13)22-15/h2-8,11H,9-10H2,1H3,(H,17,19). The van der Waals surface area contributed by atoms with Gasteiger partial charge in [0.1, 0.15) is 5.01 Å². The Labute approximate surface area is 141 Å². The number of aromatic nitrogens is 1. The first-order valence-electron chi connectivity index (χ1n) is 6.98. The van der Waals surface area contributed by atoms with E-state index in [0.29, 0.717) is 6.54 Å². The zero-order chi connectivity index (χ0) is 15.4. The summed E-state index contributed by atoms with van der Waals surface area (Å²) in [6.07, 6.45) is 0. The Morgan fingerprint density at radius 3 is 2.95 bits per heavy atom. The molecule has 0 fully saturated rings. The molecule has 2 aromatic heterocycles. The SMILES string of the molecule is CC(SCc1nc2ccccc2s1)C(=O)NCc1cccs1. The van der Waals surface area contributed by atoms with Crippen LogP contribution in [-0.4, -0.2) is 16.1 Å². The minimum absolute atomic E-state index is 0.0769. The number of thioether (sulfide) groups is 1. The maximum Gasteiger partial charge on any atom is 0.233 e. The van der Waals surface area contributed by atoms with E-state index < -0.39 is 0 Å². The topological polar surface area (TPSA) is 42.0 Å². The summed E-state index contributed by atoms with van der Waals surface area (Å²) < 4.78 is 1.20. The molecule has 114 valence electrons. The van der Waals surface area contributed by atoms with Gasteiger partial charge in [-0.2, -0.15) is 0 Å². The third-order valence-electron chi connectivity index (χ3n) is 3.18. The number of thiazole rings is 1. The van der Waals surface area contributed by atoms with Gasteiger partial charge >= 0.3 is 0 Å². The number of para-hydroxylation sites is 1. The fourth-order valence-electron chi connectivity index (χ4n) is 1.98. The zero-order valence-corrected chi connectivity index (χ0v) is 14.6. The smallest absolute Gasteiger partial charge is 0.233 e. The lowest BCUT2D eigenvalue weighted by molar-refractivity contribution is -0.120. The Bertz CT molecular complexity index is 719. The number of carbonyl (C=O) groups excluding carboxylic acids is 1. The van der Waals surface area contributed by atoms with Crippen molar-refractivity contribution in [3.63, 3.8) is 0 Å². The largest absolute Gasteiger partial charge is 0.350 e. The Balaban J connectivity index is 1.50. The highest BCUT2D eigenvalue weighted by Gasteiger charge is 2.14. The van der Waals surface area contributed by atoms with E-state index in [4.69, 9.17) is 0 Å². The lowest BCUT2D eigenvalue weighted by atomic mass is 10.3. The highest BCUT2D eigenvalue weighted by Crippen LogP contribution is 2.26. The summed E-state index contributed by atoms with van der Waals surface area (Å²) in [6.45, 7) is 2.56. The molecule has 2 heterocycles. The second kappa shape index (κ2) is 7.26. The quantitative estimate of drug-likeness (QED) is 0.722. The maximum absolute atomic E-state index is 12.1. The van der Waals surface area contributed by atoms with Gasteiger partial charge in [0.15, 0.2) is 0 Å². The first-order valence-corrected chi connectivity index (χ1v) is 9.73. The van der Waals surface area contributed by atoms with E-state index in [2.05, 4.69) is 16.4 Å². The molecule has 0 aliphatic carbocycles. The van der Waals surface area contributed by atoms with Gasteiger partial charge in [-0.3, -0.25) is 4.79 Å². The molecule has 1 N–H and O–H groups in total. The van der Waals surface area contributed by atoms with Crippen LogP contribution < -0.4 is 5.32 Å². The average Bonchev–Trinajstić information content (AvgIpc) is 3.18. The van der Waals surface area contributed by atoms with Crippen molar-refractivity contribution in [3.05, 3.63) is 51.7 Å². The van der Waals surface area contributed by atoms with Crippen LogP contribution in [0.3, 0.4) is 0 Å². The Morgan fingerprint density at radius 1 is 1.32 bits per heavy atom. The van der Waals surface area contributed by atoms with Gasteiger partial charge in [-0.25, -0.2) is 4.98 Å². The number of rotatable bonds is 6. The first kappa shape index (κ1) is 15.5. The van der Waals surface area contributed by atoms with E-state index in [1.807, 2.05) is 42.6 Å². The van der Waals surface area contributed by atoms with E-state index in [1.165, 1.54) is 9.58 Å². The second-order valence-corrected chi connectivity index (χ2v) is 8.30. The molecule has 0 aliphatic heterocycles. The minimum atomic E-state index is -0.0769. The number of nitrogens with one attached hydrogen (secondary N) is 1. The highest BCUT2D eigenvalue weighted by molar-refractivity contribution is 7.99. The van der Waals surface area contributed by atoms with Crippen LogP contribution in [0.4, 0.5) is 0 Å². The Hall–Kier alpha value is -1.37. The van der Waals surface area contributed by atoms with Gasteiger partial charge in [0.25, 0.3) is 0 Å². The van der Waals surface area contributed by atoms with Crippen LogP contribution in [0.15, 0.2) is 41.8 Å². The molecule has 0 aliphatic rings. The lowest BCUT2D eigenvalue weighted by Crippen LogP contribution is -2.30. The minimum Gasteiger partial charge on any atom is -0.350 e. The molecule has 1 aromatic carbocycles. The molecule has 0 spiro atoms. The molecule has 22 heavy (non-hydrogen) atoms. The predicted octanol–water partition coefficient (Wildman–Crippen LogP) is 4.30. The molecule has 0 radical (unpaired) electrons. The van der Waals surface area contributed by atoms with Crippen molar-refractivity contribution in [3.8, 4) is 0 Å².